The number of aromatic nitrogens is 4. The number of amides is 1. The summed E-state index contributed by atoms with van der Waals surface area (Å²) in [5, 5.41) is 8.85. The van der Waals surface area contributed by atoms with Crippen LogP contribution >= 0.6 is 23.4 Å². The van der Waals surface area contributed by atoms with Crippen LogP contribution in [0.25, 0.3) is 5.78 Å². The maximum atomic E-state index is 12.4. The molecule has 2 aromatic carbocycles. The van der Waals surface area contributed by atoms with Crippen LogP contribution in [-0.2, 0) is 11.2 Å². The molecule has 1 N–H and O–H groups in total. The first-order valence-corrected chi connectivity index (χ1v) is 11.7. The molecule has 1 amide bonds. The number of thioether (sulfide) groups is 1. The van der Waals surface area contributed by atoms with Gasteiger partial charge in [0.05, 0.1) is 11.8 Å². The van der Waals surface area contributed by atoms with Crippen LogP contribution in [0.2, 0.25) is 5.02 Å². The fourth-order valence-corrected chi connectivity index (χ4v) is 4.41. The van der Waals surface area contributed by atoms with Crippen LogP contribution in [0, 0.1) is 13.8 Å². The van der Waals surface area contributed by atoms with Crippen molar-refractivity contribution in [3.05, 3.63) is 87.7 Å². The Labute approximate surface area is 196 Å². The van der Waals surface area contributed by atoms with E-state index in [1.54, 1.807) is 4.52 Å². The summed E-state index contributed by atoms with van der Waals surface area (Å²) < 4.78 is 1.74. The second-order valence-corrected chi connectivity index (χ2v) is 8.97. The minimum absolute atomic E-state index is 0.0581. The van der Waals surface area contributed by atoms with Crippen molar-refractivity contribution in [2.24, 2.45) is 0 Å². The Morgan fingerprint density at radius 2 is 1.81 bits per heavy atom. The first-order chi connectivity index (χ1) is 15.4. The highest BCUT2D eigenvalue weighted by Gasteiger charge is 2.16. The van der Waals surface area contributed by atoms with E-state index in [-0.39, 0.29) is 17.7 Å². The predicted octanol–water partition coefficient (Wildman–Crippen LogP) is 4.95. The van der Waals surface area contributed by atoms with Gasteiger partial charge in [-0.1, -0.05) is 71.9 Å². The van der Waals surface area contributed by atoms with Crippen molar-refractivity contribution in [2.45, 2.75) is 38.4 Å². The van der Waals surface area contributed by atoms with Crippen LogP contribution in [0.15, 0.2) is 59.8 Å². The molecule has 4 rings (SSSR count). The Bertz CT molecular complexity index is 1260. The molecule has 0 radical (unpaired) electrons. The van der Waals surface area contributed by atoms with Crippen molar-refractivity contribution in [2.75, 3.05) is 5.75 Å². The van der Waals surface area contributed by atoms with Gasteiger partial charge in [0.1, 0.15) is 0 Å². The summed E-state index contributed by atoms with van der Waals surface area (Å²) in [4.78, 5) is 21.5. The molecule has 0 spiro atoms. The lowest BCUT2D eigenvalue weighted by atomic mass is 10.0. The highest BCUT2D eigenvalue weighted by Crippen LogP contribution is 2.24. The second-order valence-electron chi connectivity index (χ2n) is 7.62. The molecule has 6 nitrogen and oxygen atoms in total. The molecule has 32 heavy (non-hydrogen) atoms. The Hall–Kier alpha value is -2.90. The van der Waals surface area contributed by atoms with Crippen molar-refractivity contribution in [1.29, 1.82) is 0 Å². The summed E-state index contributed by atoms with van der Waals surface area (Å²) >= 11 is 7.65. The Morgan fingerprint density at radius 3 is 2.56 bits per heavy atom. The number of carbonyl (C=O) groups is 1. The van der Waals surface area contributed by atoms with Gasteiger partial charge in [-0.25, -0.2) is 9.50 Å². The minimum atomic E-state index is -0.0644. The molecule has 0 aliphatic heterocycles. The Balaban J connectivity index is 1.47. The maximum absolute atomic E-state index is 12.4. The normalized spacial score (nSPS) is 12.1. The smallest absolute Gasteiger partial charge is 0.253 e. The van der Waals surface area contributed by atoms with Crippen LogP contribution < -0.4 is 5.32 Å². The van der Waals surface area contributed by atoms with Crippen molar-refractivity contribution < 1.29 is 4.79 Å². The first kappa shape index (κ1) is 22.3. The lowest BCUT2D eigenvalue weighted by Crippen LogP contribution is -2.28. The minimum Gasteiger partial charge on any atom is -0.349 e. The lowest BCUT2D eigenvalue weighted by molar-refractivity contribution is -0.119. The number of rotatable bonds is 7. The standard InChI is InChI=1S/C24H24ClN5OS/c1-15(18-9-5-4-6-10-18)26-22(31)14-32-24-28-23-27-16(2)20(17(3)30(23)29-24)13-19-11-7-8-12-21(19)25/h4-12,15H,13-14H2,1-3H3,(H,26,31). The molecule has 0 fully saturated rings. The third-order valence-corrected chi connectivity index (χ3v) is 6.57. The molecule has 0 aliphatic carbocycles. The van der Waals surface area contributed by atoms with Crippen LogP contribution in [0.1, 0.15) is 41.0 Å². The van der Waals surface area contributed by atoms with E-state index in [0.717, 1.165) is 33.1 Å². The number of benzene rings is 2. The van der Waals surface area contributed by atoms with Gasteiger partial charge in [-0.05, 0) is 43.5 Å². The van der Waals surface area contributed by atoms with Crippen LogP contribution in [-0.4, -0.2) is 31.2 Å². The number of carbonyl (C=O) groups excluding carboxylic acids is 1. The van der Waals surface area contributed by atoms with E-state index in [1.165, 1.54) is 11.8 Å². The summed E-state index contributed by atoms with van der Waals surface area (Å²) in [6.45, 7) is 5.95. The highest BCUT2D eigenvalue weighted by atomic mass is 35.5. The van der Waals surface area contributed by atoms with Gasteiger partial charge in [0.2, 0.25) is 11.1 Å². The summed E-state index contributed by atoms with van der Waals surface area (Å²) in [5.74, 6) is 0.701. The van der Waals surface area contributed by atoms with E-state index < -0.39 is 0 Å². The SMILES string of the molecule is Cc1nc2nc(SCC(=O)NC(C)c3ccccc3)nn2c(C)c1Cc1ccccc1Cl. The van der Waals surface area contributed by atoms with E-state index in [4.69, 9.17) is 11.6 Å². The number of aryl methyl sites for hydroxylation is 2. The van der Waals surface area contributed by atoms with Crippen LogP contribution in [0.4, 0.5) is 0 Å². The van der Waals surface area contributed by atoms with Gasteiger partial charge in [-0.3, -0.25) is 4.79 Å². The molecular weight excluding hydrogens is 442 g/mol. The van der Waals surface area contributed by atoms with Crippen molar-refractivity contribution in [1.82, 2.24) is 24.9 Å². The van der Waals surface area contributed by atoms with Gasteiger partial charge in [0, 0.05) is 22.8 Å². The zero-order valence-electron chi connectivity index (χ0n) is 18.2. The first-order valence-electron chi connectivity index (χ1n) is 10.4. The number of fused-ring (bicyclic) bond motifs is 1. The zero-order chi connectivity index (χ0) is 22.7. The zero-order valence-corrected chi connectivity index (χ0v) is 19.7. The van der Waals surface area contributed by atoms with Crippen molar-refractivity contribution in [3.8, 4) is 0 Å². The molecule has 1 unspecified atom stereocenters. The molecular formula is C24H24ClN5OS. The average Bonchev–Trinajstić information content (AvgIpc) is 3.20. The van der Waals surface area contributed by atoms with Gasteiger partial charge in [0.15, 0.2) is 0 Å². The number of hydrogen-bond donors (Lipinski definition) is 1. The van der Waals surface area contributed by atoms with Crippen LogP contribution in [0.3, 0.4) is 0 Å². The van der Waals surface area contributed by atoms with Crippen LogP contribution in [0.5, 0.6) is 0 Å². The molecule has 0 saturated heterocycles. The highest BCUT2D eigenvalue weighted by molar-refractivity contribution is 7.99. The summed E-state index contributed by atoms with van der Waals surface area (Å²) in [7, 11) is 0. The average molecular weight is 466 g/mol. The van der Waals surface area contributed by atoms with E-state index >= 15 is 0 Å². The topological polar surface area (TPSA) is 72.2 Å². The number of nitrogens with one attached hydrogen (secondary N) is 1. The molecule has 2 heterocycles. The maximum Gasteiger partial charge on any atom is 0.253 e. The molecule has 0 saturated carbocycles. The number of halogens is 1. The Kier molecular flexibility index (Phi) is 6.77. The quantitative estimate of drug-likeness (QED) is 0.391. The summed E-state index contributed by atoms with van der Waals surface area (Å²) in [5.41, 5.74) is 5.04. The second kappa shape index (κ2) is 9.71. The fourth-order valence-electron chi connectivity index (χ4n) is 3.58. The third kappa shape index (κ3) is 4.95. The molecule has 4 aromatic rings. The Morgan fingerprint density at radius 1 is 1.09 bits per heavy atom. The predicted molar refractivity (Wildman–Crippen MR) is 128 cm³/mol. The molecule has 0 bridgehead atoms. The molecule has 1 atom stereocenters. The largest absolute Gasteiger partial charge is 0.349 e. The summed E-state index contributed by atoms with van der Waals surface area (Å²) in [6, 6.07) is 17.6. The van der Waals surface area contributed by atoms with Gasteiger partial charge in [-0.2, -0.15) is 4.98 Å². The van der Waals surface area contributed by atoms with Crippen molar-refractivity contribution in [3.63, 3.8) is 0 Å². The van der Waals surface area contributed by atoms with Crippen molar-refractivity contribution >= 4 is 35.0 Å². The van der Waals surface area contributed by atoms with E-state index in [9.17, 15) is 4.79 Å². The fraction of sp³-hybridized carbons (Fsp3) is 0.250. The lowest BCUT2D eigenvalue weighted by Gasteiger charge is -2.13. The molecule has 2 aromatic heterocycles. The van der Waals surface area contributed by atoms with Gasteiger partial charge in [-0.15, -0.1) is 5.10 Å². The third-order valence-electron chi connectivity index (χ3n) is 5.36. The number of nitrogens with zero attached hydrogens (tertiary/aromatic N) is 4. The van der Waals surface area contributed by atoms with Gasteiger partial charge in [0.25, 0.3) is 5.78 Å². The van der Waals surface area contributed by atoms with Gasteiger partial charge >= 0.3 is 0 Å². The monoisotopic (exact) mass is 465 g/mol. The van der Waals surface area contributed by atoms with E-state index in [2.05, 4.69) is 20.4 Å². The van der Waals surface area contributed by atoms with E-state index in [1.807, 2.05) is 75.4 Å². The van der Waals surface area contributed by atoms with E-state index in [0.29, 0.717) is 17.4 Å². The summed E-state index contributed by atoms with van der Waals surface area (Å²) in [6.07, 6.45) is 0.669. The number of hydrogen-bond acceptors (Lipinski definition) is 5. The molecule has 8 heteroatoms. The molecule has 0 aliphatic rings. The van der Waals surface area contributed by atoms with Gasteiger partial charge < -0.3 is 5.32 Å². The molecule has 164 valence electrons.